The van der Waals surface area contributed by atoms with Crippen molar-refractivity contribution in [3.8, 4) is 0 Å². The number of aryl methyl sites for hydroxylation is 1. The van der Waals surface area contributed by atoms with Gasteiger partial charge in [0.05, 0.1) is 0 Å². The highest BCUT2D eigenvalue weighted by molar-refractivity contribution is 5.92. The molecule has 0 fully saturated rings. The molecule has 0 amide bonds. The van der Waals surface area contributed by atoms with Crippen molar-refractivity contribution in [1.82, 2.24) is 0 Å². The summed E-state index contributed by atoms with van der Waals surface area (Å²) in [6, 6.07) is 8.83. The quantitative estimate of drug-likeness (QED) is 0.580. The van der Waals surface area contributed by atoms with Gasteiger partial charge in [0.1, 0.15) is 5.78 Å². The van der Waals surface area contributed by atoms with Gasteiger partial charge in [-0.25, -0.2) is 0 Å². The Morgan fingerprint density at radius 3 is 2.61 bits per heavy atom. The molecule has 2 heteroatoms. The molecule has 122 valence electrons. The molecular weight excluding hydrogens is 282 g/mol. The number of nitrogens with zero attached hydrogens (tertiary/aromatic N) is 1. The first-order valence-corrected chi connectivity index (χ1v) is 8.70. The van der Waals surface area contributed by atoms with Crippen molar-refractivity contribution in [3.63, 3.8) is 0 Å². The minimum Gasteiger partial charge on any atom is -0.300 e. The van der Waals surface area contributed by atoms with E-state index in [2.05, 4.69) is 48.3 Å². The van der Waals surface area contributed by atoms with Crippen molar-refractivity contribution in [3.05, 3.63) is 53.7 Å². The molecule has 2 rings (SSSR count). The van der Waals surface area contributed by atoms with Crippen molar-refractivity contribution in [2.24, 2.45) is 4.99 Å². The number of carbonyl (C=O) groups is 1. The maximum Gasteiger partial charge on any atom is 0.130 e. The normalized spacial score (nSPS) is 14.2. The van der Waals surface area contributed by atoms with Crippen LogP contribution in [-0.2, 0) is 11.2 Å². The summed E-state index contributed by atoms with van der Waals surface area (Å²) < 4.78 is 0. The smallest absolute Gasteiger partial charge is 0.130 e. The molecule has 0 saturated carbocycles. The first kappa shape index (κ1) is 17.4. The van der Waals surface area contributed by atoms with Gasteiger partial charge in [-0.2, -0.15) is 0 Å². The zero-order valence-electron chi connectivity index (χ0n) is 14.3. The Hall–Kier alpha value is -1.96. The minimum absolute atomic E-state index is 0.226. The van der Waals surface area contributed by atoms with Gasteiger partial charge >= 0.3 is 0 Å². The van der Waals surface area contributed by atoms with Crippen LogP contribution >= 0.6 is 0 Å². The lowest BCUT2D eigenvalue weighted by molar-refractivity contribution is -0.116. The first-order chi connectivity index (χ1) is 11.2. The van der Waals surface area contributed by atoms with E-state index in [1.165, 1.54) is 30.4 Å². The van der Waals surface area contributed by atoms with Crippen molar-refractivity contribution in [2.75, 3.05) is 0 Å². The fourth-order valence-electron chi connectivity index (χ4n) is 2.68. The van der Waals surface area contributed by atoms with Gasteiger partial charge in [-0.15, -0.1) is 0 Å². The van der Waals surface area contributed by atoms with Gasteiger partial charge in [0.2, 0.25) is 0 Å². The predicted molar refractivity (Wildman–Crippen MR) is 98.8 cm³/mol. The molecular formula is C21H27NO. The molecule has 0 bridgehead atoms. The summed E-state index contributed by atoms with van der Waals surface area (Å²) in [5.41, 5.74) is 4.84. The van der Waals surface area contributed by atoms with E-state index in [1.54, 1.807) is 6.92 Å². The molecule has 0 aliphatic carbocycles. The molecule has 1 aliphatic heterocycles. The van der Waals surface area contributed by atoms with E-state index in [4.69, 9.17) is 0 Å². The summed E-state index contributed by atoms with van der Waals surface area (Å²) in [5, 5.41) is 0. The van der Waals surface area contributed by atoms with E-state index < -0.39 is 0 Å². The number of Topliss-reactive ketones (excluding diaryl/α,β-unsaturated/α-hetero) is 1. The van der Waals surface area contributed by atoms with Crippen LogP contribution in [0.3, 0.4) is 0 Å². The standard InChI is InChI=1S/C21H27NO/c1-3-4-5-7-18-11-13-19(14-12-18)20-8-6-9-21(22-16-20)15-10-17(2)23/h6,8,11-14,16H,3-5,7,9-10,15H2,1-2H3. The number of benzene rings is 1. The molecule has 1 aliphatic rings. The Balaban J connectivity index is 2.01. The molecule has 0 saturated heterocycles. The van der Waals surface area contributed by atoms with E-state index in [1.807, 2.05) is 6.20 Å². The van der Waals surface area contributed by atoms with Crippen LogP contribution in [0.1, 0.15) is 63.5 Å². The van der Waals surface area contributed by atoms with Crippen LogP contribution in [-0.4, -0.2) is 11.5 Å². The van der Waals surface area contributed by atoms with Gasteiger partial charge in [0, 0.05) is 24.8 Å². The fraction of sp³-hybridized carbons (Fsp3) is 0.429. The maximum absolute atomic E-state index is 11.1. The number of unbranched alkanes of at least 4 members (excludes halogenated alkanes) is 2. The molecule has 1 aromatic rings. The van der Waals surface area contributed by atoms with Gasteiger partial charge in [-0.05, 0) is 42.9 Å². The van der Waals surface area contributed by atoms with Crippen LogP contribution < -0.4 is 0 Å². The van der Waals surface area contributed by atoms with Crippen molar-refractivity contribution in [1.29, 1.82) is 0 Å². The summed E-state index contributed by atoms with van der Waals surface area (Å²) in [7, 11) is 0. The van der Waals surface area contributed by atoms with E-state index in [9.17, 15) is 4.79 Å². The number of hydrogen-bond acceptors (Lipinski definition) is 2. The monoisotopic (exact) mass is 309 g/mol. The van der Waals surface area contributed by atoms with E-state index in [-0.39, 0.29) is 5.78 Å². The molecule has 2 nitrogen and oxygen atoms in total. The predicted octanol–water partition coefficient (Wildman–Crippen LogP) is 5.53. The molecule has 0 radical (unpaired) electrons. The topological polar surface area (TPSA) is 29.4 Å². The Bertz CT molecular complexity index is 605. The highest BCUT2D eigenvalue weighted by Crippen LogP contribution is 2.20. The number of hydrogen-bond donors (Lipinski definition) is 0. The van der Waals surface area contributed by atoms with Crippen LogP contribution in [0.2, 0.25) is 0 Å². The van der Waals surface area contributed by atoms with Crippen LogP contribution in [0.15, 0.2) is 47.6 Å². The summed E-state index contributed by atoms with van der Waals surface area (Å²) >= 11 is 0. The maximum atomic E-state index is 11.1. The van der Waals surface area contributed by atoms with E-state index >= 15 is 0 Å². The SMILES string of the molecule is CCCCCc1ccc(C2=CN=C(CCC(C)=O)CC=C2)cc1. The second-order valence-corrected chi connectivity index (χ2v) is 6.24. The van der Waals surface area contributed by atoms with E-state index in [0.29, 0.717) is 6.42 Å². The van der Waals surface area contributed by atoms with Crippen molar-refractivity contribution < 1.29 is 4.79 Å². The lowest BCUT2D eigenvalue weighted by Gasteiger charge is -2.04. The van der Waals surface area contributed by atoms with Crippen molar-refractivity contribution in [2.45, 2.75) is 58.8 Å². The average Bonchev–Trinajstić information content (AvgIpc) is 2.79. The number of carbonyl (C=O) groups excluding carboxylic acids is 1. The van der Waals surface area contributed by atoms with Gasteiger partial charge in [0.25, 0.3) is 0 Å². The van der Waals surface area contributed by atoms with Gasteiger partial charge in [0.15, 0.2) is 0 Å². The Morgan fingerprint density at radius 2 is 1.91 bits per heavy atom. The third-order valence-corrected chi connectivity index (χ3v) is 4.16. The Labute approximate surface area is 140 Å². The minimum atomic E-state index is 0.226. The molecule has 0 atom stereocenters. The molecule has 0 unspecified atom stereocenters. The molecule has 0 spiro atoms. The Kier molecular flexibility index (Phi) is 6.99. The van der Waals surface area contributed by atoms with Crippen molar-refractivity contribution >= 4 is 17.1 Å². The van der Waals surface area contributed by atoms with Crippen LogP contribution in [0, 0.1) is 0 Å². The Morgan fingerprint density at radius 1 is 1.13 bits per heavy atom. The third-order valence-electron chi connectivity index (χ3n) is 4.16. The highest BCUT2D eigenvalue weighted by Gasteiger charge is 2.05. The lowest BCUT2D eigenvalue weighted by atomic mass is 10.0. The second kappa shape index (κ2) is 9.24. The van der Waals surface area contributed by atoms with Crippen LogP contribution in [0.4, 0.5) is 0 Å². The zero-order chi connectivity index (χ0) is 16.5. The largest absolute Gasteiger partial charge is 0.300 e. The van der Waals surface area contributed by atoms with Gasteiger partial charge in [-0.1, -0.05) is 56.2 Å². The summed E-state index contributed by atoms with van der Waals surface area (Å²) in [6.45, 7) is 3.87. The molecule has 0 N–H and O–H groups in total. The summed E-state index contributed by atoms with van der Waals surface area (Å²) in [4.78, 5) is 15.7. The third kappa shape index (κ3) is 5.97. The lowest BCUT2D eigenvalue weighted by Crippen LogP contribution is -1.99. The van der Waals surface area contributed by atoms with Crippen LogP contribution in [0.5, 0.6) is 0 Å². The molecule has 1 aromatic carbocycles. The first-order valence-electron chi connectivity index (χ1n) is 8.70. The van der Waals surface area contributed by atoms with E-state index in [0.717, 1.165) is 30.5 Å². The summed E-state index contributed by atoms with van der Waals surface area (Å²) in [5.74, 6) is 0.226. The molecule has 1 heterocycles. The van der Waals surface area contributed by atoms with Gasteiger partial charge < -0.3 is 4.79 Å². The number of ketones is 1. The number of aliphatic imine (C=N–C) groups is 1. The summed E-state index contributed by atoms with van der Waals surface area (Å²) in [6.07, 6.45) is 13.4. The molecule has 0 aromatic heterocycles. The van der Waals surface area contributed by atoms with Gasteiger partial charge in [-0.3, -0.25) is 4.99 Å². The average molecular weight is 309 g/mol. The number of allylic oxidation sites excluding steroid dienone is 3. The molecule has 23 heavy (non-hydrogen) atoms. The zero-order valence-corrected chi connectivity index (χ0v) is 14.3. The second-order valence-electron chi connectivity index (χ2n) is 6.24. The van der Waals surface area contributed by atoms with Crippen LogP contribution in [0.25, 0.3) is 5.57 Å². The highest BCUT2D eigenvalue weighted by atomic mass is 16.1. The number of rotatable bonds is 8. The fourth-order valence-corrected chi connectivity index (χ4v) is 2.68.